The van der Waals surface area contributed by atoms with Crippen LogP contribution in [-0.2, 0) is 0 Å². The van der Waals surface area contributed by atoms with E-state index in [1.165, 1.54) is 0 Å². The normalized spacial score (nSPS) is 10.4. The zero-order chi connectivity index (χ0) is 14.5. The van der Waals surface area contributed by atoms with E-state index in [9.17, 15) is 4.79 Å². The molecular weight excluding hydrogens is 276 g/mol. The second-order valence-corrected chi connectivity index (χ2v) is 4.93. The average Bonchev–Trinajstić information content (AvgIpc) is 2.41. The molecule has 0 saturated heterocycles. The van der Waals surface area contributed by atoms with E-state index >= 15 is 0 Å². The first-order chi connectivity index (χ1) is 9.56. The van der Waals surface area contributed by atoms with Gasteiger partial charge in [-0.2, -0.15) is 0 Å². The van der Waals surface area contributed by atoms with E-state index in [0.717, 1.165) is 0 Å². The lowest BCUT2D eigenvalue weighted by Crippen LogP contribution is -2.15. The Morgan fingerprint density at radius 2 is 1.95 bits per heavy atom. The molecule has 0 fully saturated rings. The Labute approximate surface area is 122 Å². The van der Waals surface area contributed by atoms with Crippen molar-refractivity contribution in [1.82, 2.24) is 4.98 Å². The van der Waals surface area contributed by atoms with E-state index in [1.807, 2.05) is 13.8 Å². The monoisotopic (exact) mass is 290 g/mol. The molecule has 2 rings (SSSR count). The fourth-order valence-electron chi connectivity index (χ4n) is 1.67. The van der Waals surface area contributed by atoms with Crippen molar-refractivity contribution >= 4 is 23.2 Å². The molecule has 0 unspecified atom stereocenters. The first-order valence-electron chi connectivity index (χ1n) is 6.24. The third-order valence-electron chi connectivity index (χ3n) is 2.49. The maximum Gasteiger partial charge on any atom is 0.259 e. The van der Waals surface area contributed by atoms with Gasteiger partial charge < -0.3 is 10.1 Å². The van der Waals surface area contributed by atoms with E-state index < -0.39 is 0 Å². The number of ether oxygens (including phenoxy) is 1. The van der Waals surface area contributed by atoms with Gasteiger partial charge in [0.1, 0.15) is 5.75 Å². The highest BCUT2D eigenvalue weighted by Gasteiger charge is 2.14. The highest BCUT2D eigenvalue weighted by Crippen LogP contribution is 2.25. The molecule has 1 aromatic carbocycles. The third kappa shape index (κ3) is 3.71. The molecule has 20 heavy (non-hydrogen) atoms. The minimum absolute atomic E-state index is 0.0244. The van der Waals surface area contributed by atoms with Crippen molar-refractivity contribution in [1.29, 1.82) is 0 Å². The molecule has 1 aromatic heterocycles. The van der Waals surface area contributed by atoms with Crippen molar-refractivity contribution in [2.75, 3.05) is 5.32 Å². The van der Waals surface area contributed by atoms with Crippen LogP contribution in [0.4, 0.5) is 5.69 Å². The van der Waals surface area contributed by atoms with E-state index in [4.69, 9.17) is 16.3 Å². The average molecular weight is 291 g/mol. The van der Waals surface area contributed by atoms with Crippen LogP contribution >= 0.6 is 11.6 Å². The molecule has 0 spiro atoms. The van der Waals surface area contributed by atoms with Gasteiger partial charge in [-0.05, 0) is 44.2 Å². The van der Waals surface area contributed by atoms with Gasteiger partial charge in [0.25, 0.3) is 5.91 Å². The molecule has 2 aromatic rings. The molecule has 0 aliphatic rings. The maximum absolute atomic E-state index is 12.3. The van der Waals surface area contributed by atoms with Crippen LogP contribution in [0.1, 0.15) is 24.2 Å². The zero-order valence-electron chi connectivity index (χ0n) is 11.3. The fraction of sp³-hybridized carbons (Fsp3) is 0.200. The Morgan fingerprint density at radius 1 is 1.25 bits per heavy atom. The Balaban J connectivity index is 2.26. The predicted molar refractivity (Wildman–Crippen MR) is 79.4 cm³/mol. The summed E-state index contributed by atoms with van der Waals surface area (Å²) in [6.07, 6.45) is 3.20. The van der Waals surface area contributed by atoms with Crippen LogP contribution < -0.4 is 10.1 Å². The molecule has 4 nitrogen and oxygen atoms in total. The molecule has 1 heterocycles. The van der Waals surface area contributed by atoms with Gasteiger partial charge in [-0.15, -0.1) is 0 Å². The van der Waals surface area contributed by atoms with Crippen molar-refractivity contribution in [2.24, 2.45) is 0 Å². The lowest BCUT2D eigenvalue weighted by Gasteiger charge is -2.14. The Kier molecular flexibility index (Phi) is 4.58. The summed E-state index contributed by atoms with van der Waals surface area (Å²) in [5, 5.41) is 3.27. The number of carbonyl (C=O) groups excluding carboxylic acids is 1. The van der Waals surface area contributed by atoms with Gasteiger partial charge in [0.15, 0.2) is 0 Å². The first kappa shape index (κ1) is 14.3. The second kappa shape index (κ2) is 6.39. The number of anilines is 1. The number of rotatable bonds is 4. The second-order valence-electron chi connectivity index (χ2n) is 4.50. The number of halogens is 1. The maximum atomic E-state index is 12.3. The first-order valence-corrected chi connectivity index (χ1v) is 6.61. The molecule has 0 atom stereocenters. The van der Waals surface area contributed by atoms with Crippen molar-refractivity contribution in [3.8, 4) is 5.75 Å². The lowest BCUT2D eigenvalue weighted by atomic mass is 10.2. The van der Waals surface area contributed by atoms with Crippen molar-refractivity contribution in [3.63, 3.8) is 0 Å². The van der Waals surface area contributed by atoms with Gasteiger partial charge in [-0.1, -0.05) is 11.6 Å². The topological polar surface area (TPSA) is 51.2 Å². The molecule has 0 aliphatic heterocycles. The molecule has 0 bridgehead atoms. The standard InChI is InChI=1S/C15H15ClN2O2/c1-10(2)20-14-4-3-11(16)9-13(14)15(19)18-12-5-7-17-8-6-12/h3-10H,1-2H3,(H,17,18,19). The number of hydrogen-bond donors (Lipinski definition) is 1. The summed E-state index contributed by atoms with van der Waals surface area (Å²) in [7, 11) is 0. The van der Waals surface area contributed by atoms with Gasteiger partial charge in [0.2, 0.25) is 0 Å². The van der Waals surface area contributed by atoms with Gasteiger partial charge >= 0.3 is 0 Å². The summed E-state index contributed by atoms with van der Waals surface area (Å²) in [5.74, 6) is 0.241. The molecule has 1 amide bonds. The zero-order valence-corrected chi connectivity index (χ0v) is 12.0. The van der Waals surface area contributed by atoms with E-state index in [2.05, 4.69) is 10.3 Å². The number of carbonyl (C=O) groups is 1. The van der Waals surface area contributed by atoms with E-state index in [0.29, 0.717) is 22.0 Å². The number of aromatic nitrogens is 1. The number of nitrogens with one attached hydrogen (secondary N) is 1. The van der Waals surface area contributed by atoms with Gasteiger partial charge in [-0.3, -0.25) is 9.78 Å². The third-order valence-corrected chi connectivity index (χ3v) is 2.72. The highest BCUT2D eigenvalue weighted by molar-refractivity contribution is 6.31. The Hall–Kier alpha value is -2.07. The van der Waals surface area contributed by atoms with Crippen LogP contribution in [0.25, 0.3) is 0 Å². The summed E-state index contributed by atoms with van der Waals surface area (Å²) in [6, 6.07) is 8.42. The largest absolute Gasteiger partial charge is 0.490 e. The quantitative estimate of drug-likeness (QED) is 0.932. The number of pyridine rings is 1. The fourth-order valence-corrected chi connectivity index (χ4v) is 1.84. The molecule has 5 heteroatoms. The van der Waals surface area contributed by atoms with Crippen molar-refractivity contribution < 1.29 is 9.53 Å². The smallest absolute Gasteiger partial charge is 0.259 e. The van der Waals surface area contributed by atoms with Crippen molar-refractivity contribution in [3.05, 3.63) is 53.3 Å². The van der Waals surface area contributed by atoms with Crippen LogP contribution in [-0.4, -0.2) is 17.0 Å². The van der Waals surface area contributed by atoms with Crippen LogP contribution in [0.3, 0.4) is 0 Å². The number of amides is 1. The van der Waals surface area contributed by atoms with Crippen LogP contribution in [0.5, 0.6) is 5.75 Å². The van der Waals surface area contributed by atoms with Crippen LogP contribution in [0, 0.1) is 0 Å². The van der Waals surface area contributed by atoms with Crippen LogP contribution in [0.2, 0.25) is 5.02 Å². The van der Waals surface area contributed by atoms with Gasteiger partial charge in [-0.25, -0.2) is 0 Å². The molecular formula is C15H15ClN2O2. The minimum Gasteiger partial charge on any atom is -0.490 e. The molecule has 0 aliphatic carbocycles. The summed E-state index contributed by atoms with van der Waals surface area (Å²) in [6.45, 7) is 3.80. The van der Waals surface area contributed by atoms with Crippen molar-refractivity contribution in [2.45, 2.75) is 20.0 Å². The van der Waals surface area contributed by atoms with Crippen LogP contribution in [0.15, 0.2) is 42.7 Å². The molecule has 0 radical (unpaired) electrons. The lowest BCUT2D eigenvalue weighted by molar-refractivity contribution is 0.102. The molecule has 1 N–H and O–H groups in total. The number of benzene rings is 1. The number of nitrogens with zero attached hydrogens (tertiary/aromatic N) is 1. The number of hydrogen-bond acceptors (Lipinski definition) is 3. The van der Waals surface area contributed by atoms with E-state index in [-0.39, 0.29) is 12.0 Å². The SMILES string of the molecule is CC(C)Oc1ccc(Cl)cc1C(=O)Nc1ccncc1. The van der Waals surface area contributed by atoms with Gasteiger partial charge in [0, 0.05) is 23.1 Å². The van der Waals surface area contributed by atoms with Gasteiger partial charge in [0.05, 0.1) is 11.7 Å². The molecule has 104 valence electrons. The predicted octanol–water partition coefficient (Wildman–Crippen LogP) is 3.77. The summed E-state index contributed by atoms with van der Waals surface area (Å²) >= 11 is 5.95. The van der Waals surface area contributed by atoms with E-state index in [1.54, 1.807) is 42.7 Å². The summed E-state index contributed by atoms with van der Waals surface area (Å²) < 4.78 is 5.63. The Morgan fingerprint density at radius 3 is 2.60 bits per heavy atom. The Bertz CT molecular complexity index is 600. The highest BCUT2D eigenvalue weighted by atomic mass is 35.5. The molecule has 0 saturated carbocycles. The summed E-state index contributed by atoms with van der Waals surface area (Å²) in [4.78, 5) is 16.2. The summed E-state index contributed by atoms with van der Waals surface area (Å²) in [5.41, 5.74) is 1.07. The minimum atomic E-state index is -0.269.